The van der Waals surface area contributed by atoms with E-state index in [9.17, 15) is 14.4 Å². The summed E-state index contributed by atoms with van der Waals surface area (Å²) >= 11 is 0. The summed E-state index contributed by atoms with van der Waals surface area (Å²) in [6.45, 7) is 6.42. The fourth-order valence-corrected chi connectivity index (χ4v) is 8.76. The summed E-state index contributed by atoms with van der Waals surface area (Å²) in [6, 6.07) is 0. The van der Waals surface area contributed by atoms with Crippen LogP contribution in [0.25, 0.3) is 0 Å². The lowest BCUT2D eigenvalue weighted by Crippen LogP contribution is -2.30. The minimum Gasteiger partial charge on any atom is -0.462 e. The summed E-state index contributed by atoms with van der Waals surface area (Å²) in [6.07, 6.45) is 93.6. The van der Waals surface area contributed by atoms with Crippen molar-refractivity contribution in [3.05, 3.63) is 134 Å². The summed E-state index contributed by atoms with van der Waals surface area (Å²) in [5.74, 6) is -0.917. The van der Waals surface area contributed by atoms with Crippen LogP contribution in [0.4, 0.5) is 0 Å². The van der Waals surface area contributed by atoms with Crippen molar-refractivity contribution in [2.24, 2.45) is 0 Å². The third-order valence-corrected chi connectivity index (χ3v) is 13.6. The zero-order valence-electron chi connectivity index (χ0n) is 51.3. The van der Waals surface area contributed by atoms with E-state index in [0.717, 1.165) is 148 Å². The Bertz CT molecular complexity index is 1680. The van der Waals surface area contributed by atoms with E-state index in [-0.39, 0.29) is 31.1 Å². The normalized spacial score (nSPS) is 13.0. The Morgan fingerprint density at radius 3 is 0.772 bits per heavy atom. The van der Waals surface area contributed by atoms with Gasteiger partial charge in [-0.15, -0.1) is 0 Å². The molecule has 448 valence electrons. The number of carbonyl (C=O) groups excluding carboxylic acids is 3. The van der Waals surface area contributed by atoms with E-state index in [1.165, 1.54) is 103 Å². The van der Waals surface area contributed by atoms with Gasteiger partial charge in [-0.25, -0.2) is 0 Å². The van der Waals surface area contributed by atoms with Crippen molar-refractivity contribution >= 4 is 17.9 Å². The minimum atomic E-state index is -0.787. The van der Waals surface area contributed by atoms with Crippen LogP contribution >= 0.6 is 0 Å². The van der Waals surface area contributed by atoms with E-state index in [1.807, 2.05) is 0 Å². The molecule has 1 unspecified atom stereocenters. The summed E-state index contributed by atoms with van der Waals surface area (Å²) in [5, 5.41) is 0. The minimum absolute atomic E-state index is 0.0869. The fraction of sp³-hybridized carbons (Fsp3) is 0.658. The number of esters is 3. The van der Waals surface area contributed by atoms with Crippen molar-refractivity contribution in [2.45, 2.75) is 297 Å². The highest BCUT2D eigenvalue weighted by molar-refractivity contribution is 5.71. The van der Waals surface area contributed by atoms with E-state index in [0.29, 0.717) is 19.3 Å². The molecule has 0 aromatic heterocycles. The maximum Gasteiger partial charge on any atom is 0.306 e. The third kappa shape index (κ3) is 64.3. The summed E-state index contributed by atoms with van der Waals surface area (Å²) in [7, 11) is 0. The standard InChI is InChI=1S/C73H120O6/c1-4-7-10-13-15-17-19-21-23-25-27-29-30-31-32-33-34-35-36-37-38-39-40-41-42-44-45-47-49-51-53-55-57-60-63-66-72(75)78-69-70(68-77-71(74)65-62-59-12-9-6-3)79-73(76)67-64-61-58-56-54-52-50-48-46-43-28-26-24-22-20-18-16-14-11-8-5-2/h7,10,15,17,20-23,26-29,31-32,34-35,37-38,40-41,46,48,70H,4-6,8-9,11-14,16,18-19,24-25,30,33,36,39,42-45,47,49-69H2,1-3H3/b10-7-,17-15-,22-20-,23-21-,28-26-,29-27-,32-31-,35-34-,38-37-,41-40-,48-46-. The Kier molecular flexibility index (Phi) is 62.3. The van der Waals surface area contributed by atoms with Gasteiger partial charge in [-0.2, -0.15) is 0 Å². The van der Waals surface area contributed by atoms with Crippen LogP contribution in [0, 0.1) is 0 Å². The molecule has 0 spiro atoms. The molecule has 1 atom stereocenters. The highest BCUT2D eigenvalue weighted by Gasteiger charge is 2.19. The molecule has 0 bridgehead atoms. The summed E-state index contributed by atoms with van der Waals surface area (Å²) in [4.78, 5) is 37.9. The molecule has 0 aliphatic heterocycles. The molecule has 0 radical (unpaired) electrons. The largest absolute Gasteiger partial charge is 0.462 e. The van der Waals surface area contributed by atoms with Crippen LogP contribution in [-0.4, -0.2) is 37.2 Å². The number of ether oxygens (including phenoxy) is 3. The van der Waals surface area contributed by atoms with E-state index in [2.05, 4.69) is 154 Å². The van der Waals surface area contributed by atoms with Gasteiger partial charge < -0.3 is 14.2 Å². The molecule has 0 rings (SSSR count). The molecule has 79 heavy (non-hydrogen) atoms. The molecule has 0 aliphatic carbocycles. The highest BCUT2D eigenvalue weighted by Crippen LogP contribution is 2.15. The lowest BCUT2D eigenvalue weighted by atomic mass is 10.1. The molecule has 0 saturated carbocycles. The Morgan fingerprint density at radius 1 is 0.266 bits per heavy atom. The monoisotopic (exact) mass is 1090 g/mol. The van der Waals surface area contributed by atoms with Gasteiger partial charge in [0.1, 0.15) is 13.2 Å². The lowest BCUT2D eigenvalue weighted by Gasteiger charge is -2.18. The molecule has 0 aromatic carbocycles. The van der Waals surface area contributed by atoms with Gasteiger partial charge in [0.05, 0.1) is 0 Å². The van der Waals surface area contributed by atoms with Crippen molar-refractivity contribution in [1.29, 1.82) is 0 Å². The maximum absolute atomic E-state index is 12.8. The highest BCUT2D eigenvalue weighted by atomic mass is 16.6. The van der Waals surface area contributed by atoms with Gasteiger partial charge >= 0.3 is 17.9 Å². The first-order chi connectivity index (χ1) is 39.0. The van der Waals surface area contributed by atoms with E-state index < -0.39 is 6.10 Å². The van der Waals surface area contributed by atoms with Crippen molar-refractivity contribution in [1.82, 2.24) is 0 Å². The van der Waals surface area contributed by atoms with Crippen LogP contribution in [0.5, 0.6) is 0 Å². The van der Waals surface area contributed by atoms with Crippen LogP contribution in [-0.2, 0) is 28.6 Å². The van der Waals surface area contributed by atoms with Crippen molar-refractivity contribution < 1.29 is 28.6 Å². The second-order valence-electron chi connectivity index (χ2n) is 21.3. The predicted molar refractivity (Wildman–Crippen MR) is 343 cm³/mol. The first kappa shape index (κ1) is 74.5. The van der Waals surface area contributed by atoms with Gasteiger partial charge in [0, 0.05) is 19.3 Å². The molecule has 0 fully saturated rings. The molecular formula is C73H120O6. The van der Waals surface area contributed by atoms with Crippen molar-refractivity contribution in [3.63, 3.8) is 0 Å². The summed E-state index contributed by atoms with van der Waals surface area (Å²) < 4.78 is 16.8. The van der Waals surface area contributed by atoms with Gasteiger partial charge in [0.15, 0.2) is 6.10 Å². The average molecular weight is 1090 g/mol. The lowest BCUT2D eigenvalue weighted by molar-refractivity contribution is -0.167. The quantitative estimate of drug-likeness (QED) is 0.0261. The van der Waals surface area contributed by atoms with Crippen molar-refractivity contribution in [3.8, 4) is 0 Å². The SMILES string of the molecule is CC/C=C\C/C=C\C/C=C\C/C=C\C/C=C\C/C=C\C/C=C\C/C=C\CCCCCCCCCCCCC(=O)OCC(COC(=O)CCCCCCC)OC(=O)CCCCCCCC/C=C\C/C=C\C/C=C\CCCCCCC. The van der Waals surface area contributed by atoms with Crippen LogP contribution in [0.3, 0.4) is 0 Å². The second kappa shape index (κ2) is 66.1. The molecule has 0 saturated heterocycles. The van der Waals surface area contributed by atoms with E-state index in [4.69, 9.17) is 14.2 Å². The third-order valence-electron chi connectivity index (χ3n) is 13.6. The molecule has 6 heteroatoms. The van der Waals surface area contributed by atoms with Gasteiger partial charge in [-0.1, -0.05) is 283 Å². The number of unbranched alkanes of at least 4 members (excludes halogenated alkanes) is 25. The molecule has 0 aliphatic rings. The Balaban J connectivity index is 4.07. The summed E-state index contributed by atoms with van der Waals surface area (Å²) in [5.41, 5.74) is 0. The second-order valence-corrected chi connectivity index (χ2v) is 21.3. The van der Waals surface area contributed by atoms with E-state index in [1.54, 1.807) is 0 Å². The maximum atomic E-state index is 12.8. The predicted octanol–water partition coefficient (Wildman–Crippen LogP) is 22.5. The van der Waals surface area contributed by atoms with Gasteiger partial charge in [0.2, 0.25) is 0 Å². The Hall–Kier alpha value is -4.45. The number of allylic oxidation sites excluding steroid dienone is 22. The van der Waals surface area contributed by atoms with Crippen LogP contribution in [0.1, 0.15) is 290 Å². The number of hydrogen-bond acceptors (Lipinski definition) is 6. The average Bonchev–Trinajstić information content (AvgIpc) is 3.45. The molecule has 0 aromatic rings. The molecule has 6 nitrogen and oxygen atoms in total. The topological polar surface area (TPSA) is 78.9 Å². The molecule has 0 amide bonds. The number of carbonyl (C=O) groups is 3. The van der Waals surface area contributed by atoms with Crippen LogP contribution in [0.15, 0.2) is 134 Å². The van der Waals surface area contributed by atoms with Gasteiger partial charge in [-0.3, -0.25) is 14.4 Å². The van der Waals surface area contributed by atoms with Crippen LogP contribution in [0.2, 0.25) is 0 Å². The first-order valence-electron chi connectivity index (χ1n) is 32.7. The molecular weight excluding hydrogens is 973 g/mol. The number of rotatable bonds is 58. The van der Waals surface area contributed by atoms with E-state index >= 15 is 0 Å². The zero-order valence-corrected chi connectivity index (χ0v) is 51.3. The smallest absolute Gasteiger partial charge is 0.306 e. The van der Waals surface area contributed by atoms with Crippen LogP contribution < -0.4 is 0 Å². The zero-order chi connectivity index (χ0) is 57.1. The number of hydrogen-bond donors (Lipinski definition) is 0. The van der Waals surface area contributed by atoms with Gasteiger partial charge in [0.25, 0.3) is 0 Å². The molecule has 0 heterocycles. The Labute approximate surface area is 487 Å². The Morgan fingerprint density at radius 2 is 0.494 bits per heavy atom. The van der Waals surface area contributed by atoms with Crippen molar-refractivity contribution in [2.75, 3.05) is 13.2 Å². The first-order valence-corrected chi connectivity index (χ1v) is 32.7. The van der Waals surface area contributed by atoms with Gasteiger partial charge in [-0.05, 0) is 122 Å². The fourth-order valence-electron chi connectivity index (χ4n) is 8.76. The molecule has 0 N–H and O–H groups in total.